The molecule has 0 bridgehead atoms. The summed E-state index contributed by atoms with van der Waals surface area (Å²) in [5.41, 5.74) is 0.432. The maximum absolute atomic E-state index is 14.0. The lowest BCUT2D eigenvalue weighted by atomic mass is 10.1. The van der Waals surface area contributed by atoms with Gasteiger partial charge in [-0.05, 0) is 61.0 Å². The summed E-state index contributed by atoms with van der Waals surface area (Å²) in [7, 11) is 3.71. The van der Waals surface area contributed by atoms with Gasteiger partial charge in [0.25, 0.3) is 5.91 Å². The van der Waals surface area contributed by atoms with Crippen LogP contribution in [0.1, 0.15) is 15.9 Å². The first-order chi connectivity index (χ1) is 11.8. The number of nitrogens with zero attached hydrogens (tertiary/aromatic N) is 2. The van der Waals surface area contributed by atoms with Crippen LogP contribution in [0.4, 0.5) is 13.2 Å². The summed E-state index contributed by atoms with van der Waals surface area (Å²) in [6, 6.07) is 7.23. The largest absolute Gasteiger partial charge is 0.333 e. The van der Waals surface area contributed by atoms with Crippen LogP contribution < -0.4 is 0 Å². The van der Waals surface area contributed by atoms with E-state index in [1.165, 1.54) is 29.2 Å². The minimum absolute atomic E-state index is 0.0224. The number of carbonyl (C=O) groups excluding carboxylic acids is 1. The summed E-state index contributed by atoms with van der Waals surface area (Å²) in [5, 5.41) is 0. The molecule has 0 saturated carbocycles. The zero-order valence-corrected chi connectivity index (χ0v) is 16.1. The summed E-state index contributed by atoms with van der Waals surface area (Å²) in [6.07, 6.45) is 0. The summed E-state index contributed by atoms with van der Waals surface area (Å²) in [4.78, 5) is 16.2. The molecule has 0 aromatic heterocycles. The number of benzene rings is 2. The molecule has 0 N–H and O–H groups in total. The fourth-order valence-electron chi connectivity index (χ4n) is 2.26. The van der Waals surface area contributed by atoms with Crippen LogP contribution in [0.5, 0.6) is 0 Å². The fraction of sp³-hybridized carbons (Fsp3) is 0.278. The molecular formula is C18H18F3IN2O. The summed E-state index contributed by atoms with van der Waals surface area (Å²) < 4.78 is 41.2. The van der Waals surface area contributed by atoms with Crippen LogP contribution in [0, 0.1) is 21.0 Å². The van der Waals surface area contributed by atoms with Crippen molar-refractivity contribution in [2.24, 2.45) is 0 Å². The van der Waals surface area contributed by atoms with E-state index in [1.54, 1.807) is 0 Å². The number of halogens is 4. The first-order valence-electron chi connectivity index (χ1n) is 7.61. The molecule has 1 amide bonds. The van der Waals surface area contributed by atoms with Gasteiger partial charge in [-0.3, -0.25) is 4.79 Å². The number of hydrogen-bond donors (Lipinski definition) is 0. The second-order valence-corrected chi connectivity index (χ2v) is 7.05. The van der Waals surface area contributed by atoms with Gasteiger partial charge in [-0.15, -0.1) is 0 Å². The van der Waals surface area contributed by atoms with E-state index in [0.29, 0.717) is 16.7 Å². The number of rotatable bonds is 6. The third kappa shape index (κ3) is 5.43. The highest BCUT2D eigenvalue weighted by Gasteiger charge is 2.20. The molecule has 3 nitrogen and oxygen atoms in total. The number of amides is 1. The molecular weight excluding hydrogens is 444 g/mol. The van der Waals surface area contributed by atoms with Crippen LogP contribution in [0.2, 0.25) is 0 Å². The minimum Gasteiger partial charge on any atom is -0.333 e. The summed E-state index contributed by atoms with van der Waals surface area (Å²) in [6.45, 7) is 0.862. The lowest BCUT2D eigenvalue weighted by Gasteiger charge is -2.25. The molecule has 134 valence electrons. The molecule has 0 fully saturated rings. The average Bonchev–Trinajstić information content (AvgIpc) is 2.54. The Morgan fingerprint density at radius 1 is 1.00 bits per heavy atom. The highest BCUT2D eigenvalue weighted by molar-refractivity contribution is 14.1. The van der Waals surface area contributed by atoms with Gasteiger partial charge in [-0.2, -0.15) is 0 Å². The van der Waals surface area contributed by atoms with Gasteiger partial charge in [-0.1, -0.05) is 6.07 Å². The highest BCUT2D eigenvalue weighted by atomic mass is 127. The quantitative estimate of drug-likeness (QED) is 0.608. The Balaban J connectivity index is 2.31. The summed E-state index contributed by atoms with van der Waals surface area (Å²) in [5.74, 6) is -2.29. The van der Waals surface area contributed by atoms with E-state index in [9.17, 15) is 18.0 Å². The predicted octanol–water partition coefficient (Wildman–Crippen LogP) is 3.91. The van der Waals surface area contributed by atoms with Crippen molar-refractivity contribution >= 4 is 28.5 Å². The smallest absolute Gasteiger partial charge is 0.255 e. The highest BCUT2D eigenvalue weighted by Crippen LogP contribution is 2.19. The van der Waals surface area contributed by atoms with Crippen LogP contribution in [-0.2, 0) is 6.54 Å². The van der Waals surface area contributed by atoms with Gasteiger partial charge in [0, 0.05) is 34.8 Å². The van der Waals surface area contributed by atoms with Crippen molar-refractivity contribution < 1.29 is 18.0 Å². The van der Waals surface area contributed by atoms with Gasteiger partial charge in [0.15, 0.2) is 0 Å². The van der Waals surface area contributed by atoms with E-state index in [0.717, 1.165) is 12.1 Å². The molecule has 7 heteroatoms. The van der Waals surface area contributed by atoms with Gasteiger partial charge < -0.3 is 9.80 Å². The Labute approximate surface area is 158 Å². The van der Waals surface area contributed by atoms with Gasteiger partial charge in [0.2, 0.25) is 0 Å². The molecule has 2 aromatic rings. The first-order valence-corrected chi connectivity index (χ1v) is 8.69. The number of hydrogen-bond acceptors (Lipinski definition) is 2. The molecule has 0 heterocycles. The van der Waals surface area contributed by atoms with Crippen molar-refractivity contribution in [2.75, 3.05) is 27.2 Å². The molecule has 0 radical (unpaired) electrons. The monoisotopic (exact) mass is 462 g/mol. The minimum atomic E-state index is -0.711. The van der Waals surface area contributed by atoms with E-state index >= 15 is 0 Å². The molecule has 2 rings (SSSR count). The Morgan fingerprint density at radius 2 is 1.64 bits per heavy atom. The predicted molar refractivity (Wildman–Crippen MR) is 98.8 cm³/mol. The Hall–Kier alpha value is -1.61. The van der Waals surface area contributed by atoms with Crippen molar-refractivity contribution in [2.45, 2.75) is 6.54 Å². The van der Waals surface area contributed by atoms with Crippen LogP contribution >= 0.6 is 22.6 Å². The second kappa shape index (κ2) is 8.66. The van der Waals surface area contributed by atoms with Crippen LogP contribution in [0.3, 0.4) is 0 Å². The molecule has 2 aromatic carbocycles. The number of likely N-dealkylation sites (N-methyl/N-ethyl adjacent to an activating group) is 1. The lowest BCUT2D eigenvalue weighted by molar-refractivity contribution is 0.0728. The first kappa shape index (κ1) is 19.7. The van der Waals surface area contributed by atoms with E-state index in [-0.39, 0.29) is 17.7 Å². The maximum Gasteiger partial charge on any atom is 0.255 e. The van der Waals surface area contributed by atoms with E-state index < -0.39 is 23.4 Å². The van der Waals surface area contributed by atoms with E-state index in [2.05, 4.69) is 0 Å². The van der Waals surface area contributed by atoms with Crippen molar-refractivity contribution in [1.29, 1.82) is 0 Å². The standard InChI is InChI=1S/C18H18F3IN2O/c1-23(2)7-8-24(11-12-3-4-14(20)10-16(12)21)18(25)15-9-13(19)5-6-17(15)22/h3-6,9-10H,7-8,11H2,1-2H3. The third-order valence-corrected chi connectivity index (χ3v) is 4.58. The Morgan fingerprint density at radius 3 is 2.28 bits per heavy atom. The lowest BCUT2D eigenvalue weighted by Crippen LogP contribution is -2.37. The number of carbonyl (C=O) groups is 1. The maximum atomic E-state index is 14.0. The van der Waals surface area contributed by atoms with Gasteiger partial charge >= 0.3 is 0 Å². The zero-order valence-electron chi connectivity index (χ0n) is 13.9. The Kier molecular flexibility index (Phi) is 6.83. The topological polar surface area (TPSA) is 23.6 Å². The van der Waals surface area contributed by atoms with Crippen molar-refractivity contribution in [3.05, 3.63) is 68.5 Å². The van der Waals surface area contributed by atoms with E-state index in [4.69, 9.17) is 0 Å². The van der Waals surface area contributed by atoms with Gasteiger partial charge in [0.1, 0.15) is 17.5 Å². The van der Waals surface area contributed by atoms with Crippen molar-refractivity contribution in [3.63, 3.8) is 0 Å². The molecule has 0 unspecified atom stereocenters. The van der Waals surface area contributed by atoms with Gasteiger partial charge in [0.05, 0.1) is 5.56 Å². The average molecular weight is 462 g/mol. The molecule has 0 atom stereocenters. The molecule has 0 aliphatic heterocycles. The molecule has 0 spiro atoms. The zero-order chi connectivity index (χ0) is 18.6. The second-order valence-electron chi connectivity index (χ2n) is 5.89. The molecule has 0 saturated heterocycles. The summed E-state index contributed by atoms with van der Waals surface area (Å²) >= 11 is 1.96. The van der Waals surface area contributed by atoms with Crippen molar-refractivity contribution in [1.82, 2.24) is 9.80 Å². The molecule has 0 aliphatic carbocycles. The van der Waals surface area contributed by atoms with Crippen LogP contribution in [0.15, 0.2) is 36.4 Å². The third-order valence-electron chi connectivity index (χ3n) is 3.64. The Bertz CT molecular complexity index is 768. The van der Waals surface area contributed by atoms with Crippen LogP contribution in [-0.4, -0.2) is 42.9 Å². The molecule has 0 aliphatic rings. The van der Waals surface area contributed by atoms with Crippen LogP contribution in [0.25, 0.3) is 0 Å². The van der Waals surface area contributed by atoms with E-state index in [1.807, 2.05) is 41.6 Å². The van der Waals surface area contributed by atoms with Gasteiger partial charge in [-0.25, -0.2) is 13.2 Å². The normalized spacial score (nSPS) is 11.0. The fourth-order valence-corrected chi connectivity index (χ4v) is 2.83. The molecule has 25 heavy (non-hydrogen) atoms. The SMILES string of the molecule is CN(C)CCN(Cc1ccc(F)cc1F)C(=O)c1cc(F)ccc1I. The van der Waals surface area contributed by atoms with Crippen molar-refractivity contribution in [3.8, 4) is 0 Å².